The zero-order valence-electron chi connectivity index (χ0n) is 9.23. The van der Waals surface area contributed by atoms with E-state index in [0.717, 1.165) is 0 Å². The molecule has 0 bridgehead atoms. The van der Waals surface area contributed by atoms with Gasteiger partial charge in [0.25, 0.3) is 0 Å². The highest BCUT2D eigenvalue weighted by Crippen LogP contribution is 2.42. The predicted molar refractivity (Wildman–Crippen MR) is 54.8 cm³/mol. The maximum absolute atomic E-state index is 11.7. The SMILES string of the molecule is COc1ccc(O)c2c1C(=O)OC(C)(C)O2. The van der Waals surface area contributed by atoms with Crippen LogP contribution in [0.2, 0.25) is 0 Å². The largest absolute Gasteiger partial charge is 0.504 e. The Bertz CT molecular complexity index is 450. The standard InChI is InChI=1S/C11H12O5/c1-11(2)15-9-6(12)4-5-7(14-3)8(9)10(13)16-11/h4-5,12H,1-3H3. The number of hydrogen-bond acceptors (Lipinski definition) is 5. The van der Waals surface area contributed by atoms with Gasteiger partial charge in [-0.05, 0) is 12.1 Å². The van der Waals surface area contributed by atoms with Crippen LogP contribution < -0.4 is 9.47 Å². The molecule has 0 fully saturated rings. The van der Waals surface area contributed by atoms with E-state index in [0.29, 0.717) is 5.75 Å². The zero-order valence-corrected chi connectivity index (χ0v) is 9.23. The Labute approximate surface area is 92.5 Å². The van der Waals surface area contributed by atoms with Crippen LogP contribution in [-0.4, -0.2) is 24.0 Å². The highest BCUT2D eigenvalue weighted by Gasteiger charge is 2.37. The Morgan fingerprint density at radius 1 is 1.31 bits per heavy atom. The summed E-state index contributed by atoms with van der Waals surface area (Å²) < 4.78 is 15.4. The second-order valence-electron chi connectivity index (χ2n) is 3.88. The number of methoxy groups -OCH3 is 1. The summed E-state index contributed by atoms with van der Waals surface area (Å²) in [5.74, 6) is -1.36. The molecule has 1 aromatic carbocycles. The molecule has 86 valence electrons. The summed E-state index contributed by atoms with van der Waals surface area (Å²) in [5, 5.41) is 9.64. The van der Waals surface area contributed by atoms with Crippen LogP contribution in [0.3, 0.4) is 0 Å². The van der Waals surface area contributed by atoms with Crippen molar-refractivity contribution in [2.45, 2.75) is 19.6 Å². The summed E-state index contributed by atoms with van der Waals surface area (Å²) in [4.78, 5) is 11.7. The normalized spacial score (nSPS) is 17.1. The van der Waals surface area contributed by atoms with Gasteiger partial charge < -0.3 is 19.3 Å². The Morgan fingerprint density at radius 3 is 2.62 bits per heavy atom. The second-order valence-corrected chi connectivity index (χ2v) is 3.88. The van der Waals surface area contributed by atoms with Gasteiger partial charge in [0.2, 0.25) is 5.79 Å². The molecule has 0 aromatic heterocycles. The van der Waals surface area contributed by atoms with Crippen molar-refractivity contribution in [2.24, 2.45) is 0 Å². The molecule has 0 saturated heterocycles. The first kappa shape index (κ1) is 10.6. The highest BCUT2D eigenvalue weighted by molar-refractivity contribution is 5.97. The van der Waals surface area contributed by atoms with Crippen LogP contribution in [0.4, 0.5) is 0 Å². The number of cyclic esters (lactones) is 1. The fourth-order valence-electron chi connectivity index (χ4n) is 1.56. The molecule has 1 aromatic rings. The van der Waals surface area contributed by atoms with Crippen LogP contribution in [0.5, 0.6) is 17.2 Å². The fourth-order valence-corrected chi connectivity index (χ4v) is 1.56. The molecule has 1 heterocycles. The number of carbonyl (C=O) groups excluding carboxylic acids is 1. The third-order valence-corrected chi connectivity index (χ3v) is 2.21. The minimum absolute atomic E-state index is 0.0978. The van der Waals surface area contributed by atoms with Crippen molar-refractivity contribution in [2.75, 3.05) is 7.11 Å². The van der Waals surface area contributed by atoms with E-state index in [-0.39, 0.29) is 17.1 Å². The number of rotatable bonds is 1. The summed E-state index contributed by atoms with van der Waals surface area (Å²) in [6.07, 6.45) is 0. The number of ether oxygens (including phenoxy) is 3. The zero-order chi connectivity index (χ0) is 11.9. The molecule has 0 saturated carbocycles. The lowest BCUT2D eigenvalue weighted by Crippen LogP contribution is -2.39. The van der Waals surface area contributed by atoms with E-state index < -0.39 is 11.8 Å². The van der Waals surface area contributed by atoms with Crippen molar-refractivity contribution in [1.82, 2.24) is 0 Å². The number of aromatic hydroxyl groups is 1. The Kier molecular flexibility index (Phi) is 2.18. The van der Waals surface area contributed by atoms with Crippen LogP contribution in [0.15, 0.2) is 12.1 Å². The number of phenols is 1. The van der Waals surface area contributed by atoms with E-state index in [2.05, 4.69) is 0 Å². The molecule has 2 rings (SSSR count). The third-order valence-electron chi connectivity index (χ3n) is 2.21. The van der Waals surface area contributed by atoms with Gasteiger partial charge in [-0.1, -0.05) is 0 Å². The molecular formula is C11H12O5. The predicted octanol–water partition coefficient (Wildman–Crippen LogP) is 1.69. The van der Waals surface area contributed by atoms with Crippen LogP contribution in [0.25, 0.3) is 0 Å². The van der Waals surface area contributed by atoms with Crippen molar-refractivity contribution in [3.63, 3.8) is 0 Å². The number of fused-ring (bicyclic) bond motifs is 1. The van der Waals surface area contributed by atoms with Gasteiger partial charge in [-0.25, -0.2) is 4.79 Å². The number of esters is 1. The van der Waals surface area contributed by atoms with Gasteiger partial charge in [0.15, 0.2) is 11.5 Å². The van der Waals surface area contributed by atoms with Crippen LogP contribution in [-0.2, 0) is 4.74 Å². The van der Waals surface area contributed by atoms with E-state index in [4.69, 9.17) is 14.2 Å². The topological polar surface area (TPSA) is 65.0 Å². The van der Waals surface area contributed by atoms with Crippen molar-refractivity contribution in [1.29, 1.82) is 0 Å². The summed E-state index contributed by atoms with van der Waals surface area (Å²) >= 11 is 0. The molecule has 5 heteroatoms. The summed E-state index contributed by atoms with van der Waals surface area (Å²) in [6.45, 7) is 3.18. The van der Waals surface area contributed by atoms with Gasteiger partial charge in [-0.3, -0.25) is 0 Å². The molecule has 0 radical (unpaired) electrons. The molecule has 0 spiro atoms. The van der Waals surface area contributed by atoms with Gasteiger partial charge in [0.05, 0.1) is 7.11 Å². The lowest BCUT2D eigenvalue weighted by Gasteiger charge is -2.32. The van der Waals surface area contributed by atoms with Crippen molar-refractivity contribution < 1.29 is 24.1 Å². The van der Waals surface area contributed by atoms with Gasteiger partial charge in [-0.2, -0.15) is 0 Å². The molecule has 5 nitrogen and oxygen atoms in total. The van der Waals surface area contributed by atoms with Crippen molar-refractivity contribution >= 4 is 5.97 Å². The maximum Gasteiger partial charge on any atom is 0.349 e. The minimum Gasteiger partial charge on any atom is -0.504 e. The van der Waals surface area contributed by atoms with Crippen molar-refractivity contribution in [3.8, 4) is 17.2 Å². The van der Waals surface area contributed by atoms with Crippen LogP contribution >= 0.6 is 0 Å². The number of phenolic OH excluding ortho intramolecular Hbond substituents is 1. The van der Waals surface area contributed by atoms with E-state index in [1.807, 2.05) is 0 Å². The number of hydrogen-bond donors (Lipinski definition) is 1. The summed E-state index contributed by atoms with van der Waals surface area (Å²) in [5.41, 5.74) is 0.113. The molecule has 0 atom stereocenters. The lowest BCUT2D eigenvalue weighted by molar-refractivity contribution is -0.128. The molecule has 1 aliphatic heterocycles. The monoisotopic (exact) mass is 224 g/mol. The molecule has 0 amide bonds. The van der Waals surface area contributed by atoms with E-state index >= 15 is 0 Å². The van der Waals surface area contributed by atoms with Crippen LogP contribution in [0.1, 0.15) is 24.2 Å². The molecule has 0 aliphatic carbocycles. The second kappa shape index (κ2) is 3.30. The highest BCUT2D eigenvalue weighted by atomic mass is 16.7. The first-order valence-electron chi connectivity index (χ1n) is 4.77. The maximum atomic E-state index is 11.7. The third kappa shape index (κ3) is 1.54. The van der Waals surface area contributed by atoms with Crippen LogP contribution in [0, 0.1) is 0 Å². The summed E-state index contributed by atoms with van der Waals surface area (Å²) in [7, 11) is 1.43. The molecular weight excluding hydrogens is 212 g/mol. The Balaban J connectivity index is 2.63. The number of benzene rings is 1. The van der Waals surface area contributed by atoms with Gasteiger partial charge in [0, 0.05) is 13.8 Å². The Hall–Kier alpha value is -1.91. The fraction of sp³-hybridized carbons (Fsp3) is 0.364. The van der Waals surface area contributed by atoms with Crippen molar-refractivity contribution in [3.05, 3.63) is 17.7 Å². The number of carbonyl (C=O) groups is 1. The quantitative estimate of drug-likeness (QED) is 0.735. The molecule has 0 unspecified atom stereocenters. The van der Waals surface area contributed by atoms with E-state index in [9.17, 15) is 9.90 Å². The Morgan fingerprint density at radius 2 is 2.00 bits per heavy atom. The smallest absolute Gasteiger partial charge is 0.349 e. The van der Waals surface area contributed by atoms with E-state index in [1.54, 1.807) is 13.8 Å². The van der Waals surface area contributed by atoms with Gasteiger partial charge >= 0.3 is 5.97 Å². The lowest BCUT2D eigenvalue weighted by atomic mass is 10.1. The average Bonchev–Trinajstić information content (AvgIpc) is 2.18. The van der Waals surface area contributed by atoms with Gasteiger partial charge in [0.1, 0.15) is 11.3 Å². The summed E-state index contributed by atoms with van der Waals surface area (Å²) in [6, 6.07) is 2.89. The van der Waals surface area contributed by atoms with Gasteiger partial charge in [-0.15, -0.1) is 0 Å². The van der Waals surface area contributed by atoms with E-state index in [1.165, 1.54) is 19.2 Å². The molecule has 1 N–H and O–H groups in total. The molecule has 1 aliphatic rings. The first-order chi connectivity index (χ1) is 7.44. The first-order valence-corrected chi connectivity index (χ1v) is 4.77. The average molecular weight is 224 g/mol. The minimum atomic E-state index is -1.09. The molecule has 16 heavy (non-hydrogen) atoms.